The van der Waals surface area contributed by atoms with E-state index in [1.54, 1.807) is 6.92 Å². The molecule has 3 rings (SSSR count). The summed E-state index contributed by atoms with van der Waals surface area (Å²) < 4.78 is 2.18. The van der Waals surface area contributed by atoms with Crippen molar-refractivity contribution in [3.05, 3.63) is 52.8 Å². The number of nitrogens with zero attached hydrogens (tertiary/aromatic N) is 2. The Kier molecular flexibility index (Phi) is 6.46. The lowest BCUT2D eigenvalue weighted by molar-refractivity contribution is -0.119. The first-order valence-electron chi connectivity index (χ1n) is 10.6. The minimum Gasteiger partial charge on any atom is -0.356 e. The van der Waals surface area contributed by atoms with Crippen LogP contribution in [0.25, 0.3) is 5.69 Å². The molecule has 1 aromatic heterocycles. The summed E-state index contributed by atoms with van der Waals surface area (Å²) in [5.41, 5.74) is 5.27. The second-order valence-electron chi connectivity index (χ2n) is 8.54. The first kappa shape index (κ1) is 21.2. The summed E-state index contributed by atoms with van der Waals surface area (Å²) >= 11 is 0. The zero-order valence-electron chi connectivity index (χ0n) is 18.3. The van der Waals surface area contributed by atoms with Crippen molar-refractivity contribution in [3.63, 3.8) is 0 Å². The van der Waals surface area contributed by atoms with Crippen molar-refractivity contribution in [1.29, 1.82) is 0 Å². The summed E-state index contributed by atoms with van der Waals surface area (Å²) in [5.74, 6) is 1.04. The third kappa shape index (κ3) is 4.72. The molecule has 0 bridgehead atoms. The zero-order valence-corrected chi connectivity index (χ0v) is 18.3. The van der Waals surface area contributed by atoms with Gasteiger partial charge in [-0.3, -0.25) is 9.59 Å². The average Bonchev–Trinajstić information content (AvgIpc) is 3.00. The van der Waals surface area contributed by atoms with Crippen LogP contribution in [0.15, 0.2) is 30.3 Å². The largest absolute Gasteiger partial charge is 0.356 e. The quantitative estimate of drug-likeness (QED) is 0.825. The second kappa shape index (κ2) is 8.85. The van der Waals surface area contributed by atoms with E-state index in [1.807, 2.05) is 17.9 Å². The SMILES string of the molecule is CC(=O)NCC1CCN(C(=O)c2cc(C)n(-c3cccc(C(C)C)c3)c2C)CC1. The molecule has 5 heteroatoms. The fourth-order valence-corrected chi connectivity index (χ4v) is 4.20. The van der Waals surface area contributed by atoms with Crippen LogP contribution in [0.5, 0.6) is 0 Å². The lowest BCUT2D eigenvalue weighted by Gasteiger charge is -2.32. The number of carbonyl (C=O) groups excluding carboxylic acids is 2. The number of aryl methyl sites for hydroxylation is 1. The van der Waals surface area contributed by atoms with Crippen LogP contribution in [0.2, 0.25) is 0 Å². The van der Waals surface area contributed by atoms with Crippen LogP contribution in [-0.2, 0) is 4.79 Å². The Morgan fingerprint density at radius 1 is 1.14 bits per heavy atom. The molecule has 1 N–H and O–H groups in total. The highest BCUT2D eigenvalue weighted by molar-refractivity contribution is 5.96. The van der Waals surface area contributed by atoms with Gasteiger partial charge < -0.3 is 14.8 Å². The van der Waals surface area contributed by atoms with Gasteiger partial charge in [-0.2, -0.15) is 0 Å². The molecule has 1 aliphatic heterocycles. The minimum absolute atomic E-state index is 0.0116. The van der Waals surface area contributed by atoms with Crippen molar-refractivity contribution in [2.75, 3.05) is 19.6 Å². The Morgan fingerprint density at radius 2 is 1.83 bits per heavy atom. The van der Waals surface area contributed by atoms with Crippen LogP contribution in [0.4, 0.5) is 0 Å². The standard InChI is InChI=1S/C24H33N3O2/c1-16(2)21-7-6-8-22(14-21)27-17(3)13-23(18(27)4)24(29)26-11-9-20(10-12-26)15-25-19(5)28/h6-8,13-14,16,20H,9-12,15H2,1-5H3,(H,25,28). The lowest BCUT2D eigenvalue weighted by atomic mass is 9.96. The second-order valence-corrected chi connectivity index (χ2v) is 8.54. The van der Waals surface area contributed by atoms with Crippen molar-refractivity contribution in [1.82, 2.24) is 14.8 Å². The van der Waals surface area contributed by atoms with Gasteiger partial charge in [0.2, 0.25) is 5.91 Å². The predicted octanol–water partition coefficient (Wildman–Crippen LogP) is 4.21. The van der Waals surface area contributed by atoms with Gasteiger partial charge >= 0.3 is 0 Å². The molecule has 5 nitrogen and oxygen atoms in total. The number of hydrogen-bond donors (Lipinski definition) is 1. The van der Waals surface area contributed by atoms with Gasteiger partial charge in [-0.15, -0.1) is 0 Å². The highest BCUT2D eigenvalue weighted by Crippen LogP contribution is 2.26. The third-order valence-corrected chi connectivity index (χ3v) is 6.00. The lowest BCUT2D eigenvalue weighted by Crippen LogP contribution is -2.41. The molecule has 2 amide bonds. The summed E-state index contributed by atoms with van der Waals surface area (Å²) in [5, 5.41) is 2.90. The monoisotopic (exact) mass is 395 g/mol. The fourth-order valence-electron chi connectivity index (χ4n) is 4.20. The van der Waals surface area contributed by atoms with Gasteiger partial charge in [-0.1, -0.05) is 26.0 Å². The Morgan fingerprint density at radius 3 is 2.45 bits per heavy atom. The van der Waals surface area contributed by atoms with E-state index in [2.05, 4.69) is 54.9 Å². The smallest absolute Gasteiger partial charge is 0.255 e. The van der Waals surface area contributed by atoms with Crippen molar-refractivity contribution in [2.24, 2.45) is 5.92 Å². The maximum Gasteiger partial charge on any atom is 0.255 e. The Bertz CT molecular complexity index is 890. The highest BCUT2D eigenvalue weighted by Gasteiger charge is 2.26. The van der Waals surface area contributed by atoms with E-state index in [0.29, 0.717) is 18.4 Å². The molecule has 0 saturated carbocycles. The molecule has 0 unspecified atom stereocenters. The summed E-state index contributed by atoms with van der Waals surface area (Å²) in [7, 11) is 0. The van der Waals surface area contributed by atoms with Gasteiger partial charge in [0.25, 0.3) is 5.91 Å². The number of benzene rings is 1. The van der Waals surface area contributed by atoms with Crippen LogP contribution < -0.4 is 5.32 Å². The molecule has 2 heterocycles. The Balaban J connectivity index is 1.76. The maximum atomic E-state index is 13.2. The van der Waals surface area contributed by atoms with Gasteiger partial charge in [-0.25, -0.2) is 0 Å². The number of rotatable bonds is 5. The van der Waals surface area contributed by atoms with Crippen LogP contribution in [-0.4, -0.2) is 40.9 Å². The molecule has 0 aliphatic carbocycles. The van der Waals surface area contributed by atoms with E-state index < -0.39 is 0 Å². The van der Waals surface area contributed by atoms with Gasteiger partial charge in [-0.05, 0) is 62.3 Å². The number of piperidine rings is 1. The average molecular weight is 396 g/mol. The third-order valence-electron chi connectivity index (χ3n) is 6.00. The molecular weight excluding hydrogens is 362 g/mol. The zero-order chi connectivity index (χ0) is 21.1. The molecule has 1 aromatic carbocycles. The number of hydrogen-bond acceptors (Lipinski definition) is 2. The molecule has 0 radical (unpaired) electrons. The van der Waals surface area contributed by atoms with E-state index in [4.69, 9.17) is 0 Å². The first-order valence-corrected chi connectivity index (χ1v) is 10.6. The van der Waals surface area contributed by atoms with Crippen molar-refractivity contribution in [2.45, 2.75) is 53.4 Å². The van der Waals surface area contributed by atoms with Crippen molar-refractivity contribution in [3.8, 4) is 5.69 Å². The van der Waals surface area contributed by atoms with E-state index in [9.17, 15) is 9.59 Å². The van der Waals surface area contributed by atoms with E-state index >= 15 is 0 Å². The number of amides is 2. The van der Waals surface area contributed by atoms with E-state index in [0.717, 1.165) is 48.6 Å². The molecule has 156 valence electrons. The van der Waals surface area contributed by atoms with Crippen LogP contribution in [0.1, 0.15) is 66.8 Å². The topological polar surface area (TPSA) is 54.3 Å². The molecule has 0 atom stereocenters. The summed E-state index contributed by atoms with van der Waals surface area (Å²) in [6, 6.07) is 10.6. The normalized spacial score (nSPS) is 15.0. The minimum atomic E-state index is 0.0116. The molecule has 1 aliphatic rings. The van der Waals surface area contributed by atoms with Gasteiger partial charge in [0.15, 0.2) is 0 Å². The molecule has 1 saturated heterocycles. The molecule has 2 aromatic rings. The number of aromatic nitrogens is 1. The van der Waals surface area contributed by atoms with Gasteiger partial charge in [0.05, 0.1) is 5.56 Å². The predicted molar refractivity (Wildman–Crippen MR) is 117 cm³/mol. The fraction of sp³-hybridized carbons (Fsp3) is 0.500. The molecular formula is C24H33N3O2. The summed E-state index contributed by atoms with van der Waals surface area (Å²) in [4.78, 5) is 26.3. The van der Waals surface area contributed by atoms with Gasteiger partial charge in [0.1, 0.15) is 0 Å². The summed E-state index contributed by atoms with van der Waals surface area (Å²) in [6.07, 6.45) is 1.86. The Labute approximate surface area is 174 Å². The number of carbonyl (C=O) groups is 2. The molecule has 1 fully saturated rings. The summed E-state index contributed by atoms with van der Waals surface area (Å²) in [6.45, 7) is 12.2. The van der Waals surface area contributed by atoms with Gasteiger partial charge in [0, 0.05) is 43.6 Å². The molecule has 0 spiro atoms. The van der Waals surface area contributed by atoms with E-state index in [-0.39, 0.29) is 11.8 Å². The number of nitrogens with one attached hydrogen (secondary N) is 1. The maximum absolute atomic E-state index is 13.2. The van der Waals surface area contributed by atoms with Crippen LogP contribution in [0.3, 0.4) is 0 Å². The Hall–Kier alpha value is -2.56. The van der Waals surface area contributed by atoms with Crippen LogP contribution in [0, 0.1) is 19.8 Å². The highest BCUT2D eigenvalue weighted by atomic mass is 16.2. The number of likely N-dealkylation sites (tertiary alicyclic amines) is 1. The van der Waals surface area contributed by atoms with Crippen molar-refractivity contribution >= 4 is 11.8 Å². The first-order chi connectivity index (χ1) is 13.8. The van der Waals surface area contributed by atoms with E-state index in [1.165, 1.54) is 5.56 Å². The molecule has 29 heavy (non-hydrogen) atoms. The van der Waals surface area contributed by atoms with Crippen LogP contribution >= 0.6 is 0 Å². The van der Waals surface area contributed by atoms with Crippen molar-refractivity contribution < 1.29 is 9.59 Å².